The number of imidazole rings is 1. The second kappa shape index (κ2) is 5.17. The van der Waals surface area contributed by atoms with E-state index >= 15 is 0 Å². The van der Waals surface area contributed by atoms with E-state index in [0.29, 0.717) is 6.54 Å². The van der Waals surface area contributed by atoms with Crippen LogP contribution in [0.15, 0.2) is 59.5 Å². The van der Waals surface area contributed by atoms with Gasteiger partial charge in [-0.2, -0.15) is 0 Å². The highest BCUT2D eigenvalue weighted by atomic mass is 32.2. The Kier molecular flexibility index (Phi) is 3.21. The zero-order valence-corrected chi connectivity index (χ0v) is 11.0. The first kappa shape index (κ1) is 11.8. The van der Waals surface area contributed by atoms with Gasteiger partial charge in [0.05, 0.1) is 11.0 Å². The van der Waals surface area contributed by atoms with Gasteiger partial charge in [-0.3, -0.25) is 3.97 Å². The van der Waals surface area contributed by atoms with Crippen molar-refractivity contribution >= 4 is 23.0 Å². The van der Waals surface area contributed by atoms with Crippen molar-refractivity contribution in [2.24, 2.45) is 0 Å². The molecule has 3 rings (SSSR count). The quantitative estimate of drug-likeness (QED) is 0.667. The first-order chi connectivity index (χ1) is 9.38. The molecule has 92 valence electrons. The minimum Gasteiger partial charge on any atom is -0.308 e. The Hall–Kier alpha value is -2.25. The molecule has 0 unspecified atom stereocenters. The molecule has 0 spiro atoms. The number of fused-ring (bicyclic) bond motifs is 1. The van der Waals surface area contributed by atoms with E-state index in [1.165, 1.54) is 0 Å². The molecule has 0 bridgehead atoms. The van der Waals surface area contributed by atoms with Crippen LogP contribution >= 0.6 is 11.9 Å². The number of hydrogen-bond donors (Lipinski definition) is 0. The Balaban J connectivity index is 2.10. The summed E-state index contributed by atoms with van der Waals surface area (Å²) in [6.07, 6.45) is 0. The van der Waals surface area contributed by atoms with Crippen molar-refractivity contribution < 1.29 is 0 Å². The van der Waals surface area contributed by atoms with E-state index in [1.807, 2.05) is 46.4 Å². The Morgan fingerprint density at radius 3 is 2.58 bits per heavy atom. The molecule has 0 aliphatic heterocycles. The fourth-order valence-electron chi connectivity index (χ4n) is 1.91. The van der Waals surface area contributed by atoms with Crippen molar-refractivity contribution in [1.82, 2.24) is 8.96 Å². The maximum atomic E-state index is 7.05. The van der Waals surface area contributed by atoms with Gasteiger partial charge in [0.25, 0.3) is 6.54 Å². The minimum atomic E-state index is 0.300. The molecule has 4 heteroatoms. The molecule has 3 aromatic rings. The predicted molar refractivity (Wildman–Crippen MR) is 77.7 cm³/mol. The minimum absolute atomic E-state index is 0.300. The number of rotatable bonds is 3. The summed E-state index contributed by atoms with van der Waals surface area (Å²) in [5.74, 6) is 0.796. The van der Waals surface area contributed by atoms with Gasteiger partial charge in [0, 0.05) is 4.90 Å². The van der Waals surface area contributed by atoms with Gasteiger partial charge in [-0.25, -0.2) is 11.6 Å². The van der Waals surface area contributed by atoms with Crippen LogP contribution in [0.4, 0.5) is 0 Å². The number of benzene rings is 2. The molecule has 0 aliphatic rings. The molecule has 0 radical (unpaired) electrons. The van der Waals surface area contributed by atoms with Gasteiger partial charge in [-0.1, -0.05) is 30.3 Å². The molecule has 0 fully saturated rings. The van der Waals surface area contributed by atoms with Crippen molar-refractivity contribution in [2.75, 3.05) is 0 Å². The summed E-state index contributed by atoms with van der Waals surface area (Å²) in [5.41, 5.74) is 1.99. The predicted octanol–water partition coefficient (Wildman–Crippen LogP) is 4.01. The largest absolute Gasteiger partial charge is 0.308 e. The van der Waals surface area contributed by atoms with Crippen molar-refractivity contribution in [3.63, 3.8) is 0 Å². The average Bonchev–Trinajstić information content (AvgIpc) is 2.79. The maximum absolute atomic E-state index is 7.05. The molecular weight excluding hydrogens is 254 g/mol. The first-order valence-electron chi connectivity index (χ1n) is 5.91. The summed E-state index contributed by atoms with van der Waals surface area (Å²) in [7, 11) is 0. The lowest BCUT2D eigenvalue weighted by Gasteiger charge is -2.04. The van der Waals surface area contributed by atoms with Gasteiger partial charge in [-0.05, 0) is 36.2 Å². The van der Waals surface area contributed by atoms with E-state index in [1.54, 1.807) is 11.9 Å². The van der Waals surface area contributed by atoms with Crippen LogP contribution in [0.3, 0.4) is 0 Å². The van der Waals surface area contributed by atoms with Crippen LogP contribution in [0.2, 0.25) is 0 Å². The van der Waals surface area contributed by atoms with Gasteiger partial charge < -0.3 is 4.85 Å². The lowest BCUT2D eigenvalue weighted by atomic mass is 10.3. The summed E-state index contributed by atoms with van der Waals surface area (Å²) in [6.45, 7) is 7.35. The molecular formula is C15H11N3S. The smallest absolute Gasteiger partial charge is 0.272 e. The number of nitrogens with zero attached hydrogens (tertiary/aromatic N) is 3. The summed E-state index contributed by atoms with van der Waals surface area (Å²) >= 11 is 1.60. The van der Waals surface area contributed by atoms with Gasteiger partial charge in [-0.15, -0.1) is 0 Å². The second-order valence-electron chi connectivity index (χ2n) is 4.03. The van der Waals surface area contributed by atoms with Crippen LogP contribution in [-0.2, 0) is 6.54 Å². The molecule has 0 aliphatic carbocycles. The average molecular weight is 265 g/mol. The molecule has 0 saturated heterocycles. The lowest BCUT2D eigenvalue weighted by Crippen LogP contribution is -1.94. The van der Waals surface area contributed by atoms with Crippen molar-refractivity contribution in [3.8, 4) is 0 Å². The zero-order valence-electron chi connectivity index (χ0n) is 10.2. The van der Waals surface area contributed by atoms with E-state index in [0.717, 1.165) is 21.8 Å². The molecule has 19 heavy (non-hydrogen) atoms. The molecule has 1 aromatic heterocycles. The highest BCUT2D eigenvalue weighted by Gasteiger charge is 2.13. The standard InChI is InChI=1S/C15H11N3S/c1-16-11-15-17-13-9-5-6-10-14(13)18(15)19-12-7-3-2-4-8-12/h2-10H,11H2. The molecule has 0 amide bonds. The highest BCUT2D eigenvalue weighted by Crippen LogP contribution is 2.27. The Morgan fingerprint density at radius 1 is 1.05 bits per heavy atom. The fourth-order valence-corrected chi connectivity index (χ4v) is 2.86. The van der Waals surface area contributed by atoms with Crippen LogP contribution < -0.4 is 0 Å². The van der Waals surface area contributed by atoms with E-state index in [-0.39, 0.29) is 0 Å². The third-order valence-electron chi connectivity index (χ3n) is 2.74. The van der Waals surface area contributed by atoms with Crippen LogP contribution in [-0.4, -0.2) is 8.96 Å². The molecule has 0 atom stereocenters. The number of aromatic nitrogens is 2. The SMILES string of the molecule is [C-]#[N+]Cc1nc2ccccc2n1Sc1ccccc1. The van der Waals surface area contributed by atoms with E-state index in [9.17, 15) is 0 Å². The zero-order chi connectivity index (χ0) is 13.1. The third kappa shape index (κ3) is 2.33. The second-order valence-corrected chi connectivity index (χ2v) is 5.05. The highest BCUT2D eigenvalue weighted by molar-refractivity contribution is 7.98. The van der Waals surface area contributed by atoms with E-state index in [4.69, 9.17) is 6.57 Å². The lowest BCUT2D eigenvalue weighted by molar-refractivity contribution is 1.03. The topological polar surface area (TPSA) is 22.2 Å². The fraction of sp³-hybridized carbons (Fsp3) is 0.0667. The van der Waals surface area contributed by atoms with Crippen LogP contribution in [0.1, 0.15) is 5.82 Å². The van der Waals surface area contributed by atoms with Gasteiger partial charge >= 0.3 is 0 Å². The summed E-state index contributed by atoms with van der Waals surface area (Å²) in [6, 6.07) is 18.1. The summed E-state index contributed by atoms with van der Waals surface area (Å²) in [5, 5.41) is 0. The monoisotopic (exact) mass is 265 g/mol. The summed E-state index contributed by atoms with van der Waals surface area (Å²) < 4.78 is 2.04. The first-order valence-corrected chi connectivity index (χ1v) is 6.69. The van der Waals surface area contributed by atoms with E-state index in [2.05, 4.69) is 22.0 Å². The van der Waals surface area contributed by atoms with Crippen molar-refractivity contribution in [2.45, 2.75) is 11.4 Å². The number of hydrogen-bond acceptors (Lipinski definition) is 2. The molecule has 2 aromatic carbocycles. The Bertz CT molecular complexity index is 741. The van der Waals surface area contributed by atoms with Gasteiger partial charge in [0.2, 0.25) is 5.82 Å². The van der Waals surface area contributed by atoms with Crippen LogP contribution in [0.25, 0.3) is 15.9 Å². The third-order valence-corrected chi connectivity index (χ3v) is 3.82. The Morgan fingerprint density at radius 2 is 1.79 bits per heavy atom. The van der Waals surface area contributed by atoms with Crippen molar-refractivity contribution in [3.05, 3.63) is 71.8 Å². The van der Waals surface area contributed by atoms with Crippen molar-refractivity contribution in [1.29, 1.82) is 0 Å². The van der Waals surface area contributed by atoms with Crippen LogP contribution in [0, 0.1) is 6.57 Å². The van der Waals surface area contributed by atoms with Crippen LogP contribution in [0.5, 0.6) is 0 Å². The molecule has 0 saturated carbocycles. The normalized spacial score (nSPS) is 10.5. The van der Waals surface area contributed by atoms with E-state index < -0.39 is 0 Å². The van der Waals surface area contributed by atoms with Gasteiger partial charge in [0.15, 0.2) is 0 Å². The molecule has 1 heterocycles. The maximum Gasteiger partial charge on any atom is 0.272 e. The van der Waals surface area contributed by atoms with Gasteiger partial charge in [0.1, 0.15) is 0 Å². The molecule has 3 nitrogen and oxygen atoms in total. The molecule has 0 N–H and O–H groups in total. The number of para-hydroxylation sites is 2. The summed E-state index contributed by atoms with van der Waals surface area (Å²) in [4.78, 5) is 9.12. The Labute approximate surface area is 115 Å².